The molecule has 2 unspecified atom stereocenters. The Bertz CT molecular complexity index is 1410. The van der Waals surface area contributed by atoms with Gasteiger partial charge < -0.3 is 19.9 Å². The summed E-state index contributed by atoms with van der Waals surface area (Å²) in [6.45, 7) is 1.43. The summed E-state index contributed by atoms with van der Waals surface area (Å²) in [5.74, 6) is 0.0970. The molecule has 4 aromatic rings. The number of nitrogens with two attached hydrogens (primary N) is 1. The van der Waals surface area contributed by atoms with Crippen molar-refractivity contribution in [3.05, 3.63) is 54.6 Å². The third-order valence-corrected chi connectivity index (χ3v) is 6.30. The van der Waals surface area contributed by atoms with E-state index in [1.807, 2.05) is 16.8 Å². The van der Waals surface area contributed by atoms with Gasteiger partial charge in [-0.1, -0.05) is 6.07 Å². The first kappa shape index (κ1) is 23.5. The lowest BCUT2D eigenvalue weighted by atomic mass is 9.93. The van der Waals surface area contributed by atoms with Crippen LogP contribution in [0.5, 0.6) is 17.2 Å². The SMILES string of the molecule is COc1cccc(Oc2ccc(-c3nn(C4CCCC(OC(C)=O)C4)c4ncnc(N)c34)cc2)c1F. The number of methoxy groups -OCH3 is 1. The molecule has 0 spiro atoms. The highest BCUT2D eigenvalue weighted by Crippen LogP contribution is 2.37. The number of ether oxygens (including phenoxy) is 3. The summed E-state index contributed by atoms with van der Waals surface area (Å²) in [5.41, 5.74) is 8.30. The van der Waals surface area contributed by atoms with Crippen LogP contribution in [0.4, 0.5) is 10.2 Å². The molecule has 0 aliphatic heterocycles. The Hall–Kier alpha value is -4.21. The molecule has 2 aromatic heterocycles. The molecule has 36 heavy (non-hydrogen) atoms. The van der Waals surface area contributed by atoms with E-state index in [0.29, 0.717) is 34.7 Å². The monoisotopic (exact) mass is 491 g/mol. The lowest BCUT2D eigenvalue weighted by molar-refractivity contribution is -0.148. The van der Waals surface area contributed by atoms with Gasteiger partial charge in [0.1, 0.15) is 29.7 Å². The number of fused-ring (bicyclic) bond motifs is 1. The molecule has 1 aliphatic rings. The van der Waals surface area contributed by atoms with Crippen molar-refractivity contribution in [3.8, 4) is 28.5 Å². The van der Waals surface area contributed by atoms with E-state index in [1.165, 1.54) is 32.5 Å². The van der Waals surface area contributed by atoms with Gasteiger partial charge in [0.15, 0.2) is 17.1 Å². The van der Waals surface area contributed by atoms with Crippen LogP contribution in [-0.2, 0) is 9.53 Å². The van der Waals surface area contributed by atoms with E-state index in [4.69, 9.17) is 25.0 Å². The van der Waals surface area contributed by atoms with Crippen molar-refractivity contribution in [1.82, 2.24) is 19.7 Å². The average molecular weight is 492 g/mol. The average Bonchev–Trinajstić information content (AvgIpc) is 3.27. The van der Waals surface area contributed by atoms with Crippen molar-refractivity contribution in [2.75, 3.05) is 12.8 Å². The number of halogens is 1. The number of rotatable bonds is 6. The van der Waals surface area contributed by atoms with Crippen LogP contribution in [0.2, 0.25) is 0 Å². The lowest BCUT2D eigenvalue weighted by Crippen LogP contribution is -2.27. The molecule has 10 heteroatoms. The summed E-state index contributed by atoms with van der Waals surface area (Å²) in [7, 11) is 1.40. The van der Waals surface area contributed by atoms with Crippen LogP contribution >= 0.6 is 0 Å². The van der Waals surface area contributed by atoms with Gasteiger partial charge in [0.05, 0.1) is 18.5 Å². The van der Waals surface area contributed by atoms with Crippen molar-refractivity contribution in [2.24, 2.45) is 0 Å². The molecule has 2 atom stereocenters. The van der Waals surface area contributed by atoms with Gasteiger partial charge in [-0.05, 0) is 55.7 Å². The van der Waals surface area contributed by atoms with E-state index in [1.54, 1.807) is 18.2 Å². The van der Waals surface area contributed by atoms with Crippen LogP contribution in [0, 0.1) is 5.82 Å². The summed E-state index contributed by atoms with van der Waals surface area (Å²) in [6.07, 6.45) is 4.54. The molecule has 1 aliphatic carbocycles. The zero-order valence-corrected chi connectivity index (χ0v) is 20.0. The molecule has 2 aromatic carbocycles. The molecule has 186 valence electrons. The summed E-state index contributed by atoms with van der Waals surface area (Å²) in [4.78, 5) is 20.1. The second-order valence-electron chi connectivity index (χ2n) is 8.70. The van der Waals surface area contributed by atoms with E-state index in [-0.39, 0.29) is 29.6 Å². The molecular formula is C26H26FN5O4. The third-order valence-electron chi connectivity index (χ3n) is 6.30. The number of carbonyl (C=O) groups is 1. The van der Waals surface area contributed by atoms with Crippen molar-refractivity contribution in [3.63, 3.8) is 0 Å². The van der Waals surface area contributed by atoms with Gasteiger partial charge >= 0.3 is 5.97 Å². The van der Waals surface area contributed by atoms with E-state index in [0.717, 1.165) is 24.8 Å². The maximum atomic E-state index is 14.5. The number of nitrogens with zero attached hydrogens (tertiary/aromatic N) is 4. The van der Waals surface area contributed by atoms with Gasteiger partial charge in [-0.3, -0.25) is 4.79 Å². The Labute approximate surface area is 207 Å². The number of aromatic nitrogens is 4. The fourth-order valence-corrected chi connectivity index (χ4v) is 4.67. The standard InChI is InChI=1S/C26H26FN5O4/c1-15(33)35-19-6-3-5-17(13-19)32-26-22(25(28)29-14-30-26)24(31-32)16-9-11-18(12-10-16)36-21-8-4-7-20(34-2)23(21)27/h4,7-12,14,17,19H,3,5-6,13H2,1-2H3,(H2,28,29,30). The fourth-order valence-electron chi connectivity index (χ4n) is 4.67. The predicted octanol–water partition coefficient (Wildman–Crippen LogP) is 5.06. The highest BCUT2D eigenvalue weighted by molar-refractivity contribution is 5.98. The number of hydrogen-bond acceptors (Lipinski definition) is 8. The molecule has 0 bridgehead atoms. The second-order valence-corrected chi connectivity index (χ2v) is 8.70. The van der Waals surface area contributed by atoms with Gasteiger partial charge in [-0.25, -0.2) is 14.6 Å². The maximum absolute atomic E-state index is 14.5. The minimum Gasteiger partial charge on any atom is -0.494 e. The van der Waals surface area contributed by atoms with Crippen molar-refractivity contribution >= 4 is 22.8 Å². The lowest BCUT2D eigenvalue weighted by Gasteiger charge is -2.28. The zero-order valence-electron chi connectivity index (χ0n) is 20.0. The molecule has 1 saturated carbocycles. The molecule has 0 radical (unpaired) electrons. The highest BCUT2D eigenvalue weighted by atomic mass is 19.1. The Morgan fingerprint density at radius 3 is 2.64 bits per heavy atom. The fraction of sp³-hybridized carbons (Fsp3) is 0.308. The Morgan fingerprint density at radius 2 is 1.89 bits per heavy atom. The largest absolute Gasteiger partial charge is 0.494 e. The smallest absolute Gasteiger partial charge is 0.302 e. The van der Waals surface area contributed by atoms with Crippen LogP contribution in [0.15, 0.2) is 48.8 Å². The van der Waals surface area contributed by atoms with Gasteiger partial charge in [-0.2, -0.15) is 9.49 Å². The van der Waals surface area contributed by atoms with E-state index in [2.05, 4.69) is 9.97 Å². The highest BCUT2D eigenvalue weighted by Gasteiger charge is 2.29. The van der Waals surface area contributed by atoms with Gasteiger partial charge in [0, 0.05) is 18.9 Å². The summed E-state index contributed by atoms with van der Waals surface area (Å²) in [5, 5.41) is 5.54. The van der Waals surface area contributed by atoms with Crippen molar-refractivity contribution < 1.29 is 23.4 Å². The van der Waals surface area contributed by atoms with Crippen LogP contribution in [0.25, 0.3) is 22.3 Å². The van der Waals surface area contributed by atoms with Crippen molar-refractivity contribution in [2.45, 2.75) is 44.8 Å². The maximum Gasteiger partial charge on any atom is 0.302 e. The van der Waals surface area contributed by atoms with Crippen LogP contribution < -0.4 is 15.2 Å². The first-order valence-corrected chi connectivity index (χ1v) is 11.7. The molecule has 2 N–H and O–H groups in total. The van der Waals surface area contributed by atoms with Crippen LogP contribution in [0.1, 0.15) is 38.6 Å². The predicted molar refractivity (Wildman–Crippen MR) is 131 cm³/mol. The number of anilines is 1. The summed E-state index contributed by atoms with van der Waals surface area (Å²) < 4.78 is 32.6. The summed E-state index contributed by atoms with van der Waals surface area (Å²) >= 11 is 0. The van der Waals surface area contributed by atoms with Gasteiger partial charge in [0.2, 0.25) is 5.82 Å². The molecule has 9 nitrogen and oxygen atoms in total. The zero-order chi connectivity index (χ0) is 25.2. The van der Waals surface area contributed by atoms with E-state index < -0.39 is 5.82 Å². The quantitative estimate of drug-likeness (QED) is 0.372. The minimum absolute atomic E-state index is 0.00675. The topological polar surface area (TPSA) is 114 Å². The molecule has 5 rings (SSSR count). The Balaban J connectivity index is 1.47. The van der Waals surface area contributed by atoms with E-state index in [9.17, 15) is 9.18 Å². The third kappa shape index (κ3) is 4.53. The second kappa shape index (κ2) is 9.80. The first-order chi connectivity index (χ1) is 17.4. The Kier molecular flexibility index (Phi) is 6.41. The molecule has 0 amide bonds. The summed E-state index contributed by atoms with van der Waals surface area (Å²) in [6, 6.07) is 11.8. The molecule has 1 fully saturated rings. The number of esters is 1. The minimum atomic E-state index is -0.571. The normalized spacial score (nSPS) is 17.6. The Morgan fingerprint density at radius 1 is 1.11 bits per heavy atom. The number of carbonyl (C=O) groups excluding carboxylic acids is 1. The first-order valence-electron chi connectivity index (χ1n) is 11.7. The number of hydrogen-bond donors (Lipinski definition) is 1. The molecule has 2 heterocycles. The molecular weight excluding hydrogens is 465 g/mol. The number of benzene rings is 2. The molecule has 0 saturated heterocycles. The van der Waals surface area contributed by atoms with Gasteiger partial charge in [0.25, 0.3) is 0 Å². The van der Waals surface area contributed by atoms with E-state index >= 15 is 0 Å². The number of nitrogen functional groups attached to an aromatic ring is 1. The van der Waals surface area contributed by atoms with Crippen molar-refractivity contribution in [1.29, 1.82) is 0 Å². The van der Waals surface area contributed by atoms with Crippen LogP contribution in [0.3, 0.4) is 0 Å². The van der Waals surface area contributed by atoms with Crippen LogP contribution in [-0.4, -0.2) is 38.9 Å². The van der Waals surface area contributed by atoms with Gasteiger partial charge in [-0.15, -0.1) is 0 Å².